The van der Waals surface area contributed by atoms with E-state index in [1.54, 1.807) is 6.33 Å². The summed E-state index contributed by atoms with van der Waals surface area (Å²) in [6, 6.07) is 0. The van der Waals surface area contributed by atoms with Gasteiger partial charge in [-0.2, -0.15) is 0 Å². The Morgan fingerprint density at radius 1 is 1.43 bits per heavy atom. The van der Waals surface area contributed by atoms with E-state index in [1.165, 1.54) is 28.7 Å². The molecule has 0 saturated carbocycles. The van der Waals surface area contributed by atoms with Crippen molar-refractivity contribution in [1.82, 2.24) is 9.97 Å². The van der Waals surface area contributed by atoms with Crippen molar-refractivity contribution < 1.29 is 4.74 Å². The smallest absolute Gasteiger partial charge is 0.138 e. The van der Waals surface area contributed by atoms with Crippen LogP contribution in [0.2, 0.25) is 0 Å². The molecule has 0 spiro atoms. The van der Waals surface area contributed by atoms with Crippen molar-refractivity contribution in [2.24, 2.45) is 5.92 Å². The molecule has 0 bridgehead atoms. The Morgan fingerprint density at radius 3 is 3.19 bits per heavy atom. The van der Waals surface area contributed by atoms with Gasteiger partial charge in [-0.3, -0.25) is 0 Å². The van der Waals surface area contributed by atoms with Crippen molar-refractivity contribution >= 4 is 27.4 Å². The molecule has 114 valence electrons. The van der Waals surface area contributed by atoms with Crippen LogP contribution in [0.25, 0.3) is 10.2 Å². The third-order valence-electron chi connectivity index (χ3n) is 4.05. The fourth-order valence-corrected chi connectivity index (χ4v) is 4.28. The summed E-state index contributed by atoms with van der Waals surface area (Å²) < 4.78 is 5.38. The molecule has 0 fully saturated rings. The third kappa shape index (κ3) is 3.19. The van der Waals surface area contributed by atoms with E-state index >= 15 is 0 Å². The highest BCUT2D eigenvalue weighted by atomic mass is 32.1. The lowest BCUT2D eigenvalue weighted by Gasteiger charge is -2.18. The number of hydrogen-bond donors (Lipinski definition) is 1. The van der Waals surface area contributed by atoms with Crippen molar-refractivity contribution in [3.8, 4) is 0 Å². The highest BCUT2D eigenvalue weighted by Gasteiger charge is 2.22. The average Bonchev–Trinajstić information content (AvgIpc) is 2.85. The molecule has 21 heavy (non-hydrogen) atoms. The van der Waals surface area contributed by atoms with Crippen LogP contribution < -0.4 is 5.32 Å². The summed E-state index contributed by atoms with van der Waals surface area (Å²) in [7, 11) is 0. The highest BCUT2D eigenvalue weighted by molar-refractivity contribution is 7.19. The molecule has 1 atom stereocenters. The predicted octanol–water partition coefficient (Wildman–Crippen LogP) is 3.65. The summed E-state index contributed by atoms with van der Waals surface area (Å²) in [4.78, 5) is 11.6. The summed E-state index contributed by atoms with van der Waals surface area (Å²) in [5.41, 5.74) is 1.49. The standard InChI is InChI=1S/C16H23N3OS/c1-3-20-8-4-7-17-15-14-12-6-5-11(2)9-13(12)21-16(14)19-10-18-15/h10-11H,3-9H2,1-2H3,(H,17,18,19). The normalized spacial score (nSPS) is 17.9. The van der Waals surface area contributed by atoms with E-state index in [2.05, 4.69) is 22.2 Å². The Kier molecular flexibility index (Phi) is 4.70. The minimum absolute atomic E-state index is 0.786. The van der Waals surface area contributed by atoms with E-state index in [0.717, 1.165) is 49.2 Å². The van der Waals surface area contributed by atoms with Crippen LogP contribution in [0.4, 0.5) is 5.82 Å². The first kappa shape index (κ1) is 14.7. The number of ether oxygens (including phenoxy) is 1. The summed E-state index contributed by atoms with van der Waals surface area (Å²) in [5, 5.41) is 4.73. The van der Waals surface area contributed by atoms with E-state index < -0.39 is 0 Å². The second-order valence-electron chi connectivity index (χ2n) is 5.73. The second kappa shape index (κ2) is 6.71. The van der Waals surface area contributed by atoms with Gasteiger partial charge in [0.15, 0.2) is 0 Å². The maximum atomic E-state index is 5.38. The van der Waals surface area contributed by atoms with Gasteiger partial charge in [0.05, 0.1) is 5.39 Å². The van der Waals surface area contributed by atoms with Gasteiger partial charge >= 0.3 is 0 Å². The van der Waals surface area contributed by atoms with Crippen LogP contribution in [-0.4, -0.2) is 29.7 Å². The van der Waals surface area contributed by atoms with Gasteiger partial charge in [-0.15, -0.1) is 11.3 Å². The molecule has 0 saturated heterocycles. The van der Waals surface area contributed by atoms with Crippen LogP contribution in [0.15, 0.2) is 6.33 Å². The fourth-order valence-electron chi connectivity index (χ4n) is 2.93. The molecule has 1 unspecified atom stereocenters. The number of nitrogens with zero attached hydrogens (tertiary/aromatic N) is 2. The molecule has 0 radical (unpaired) electrons. The molecule has 0 aliphatic heterocycles. The zero-order chi connectivity index (χ0) is 14.7. The van der Waals surface area contributed by atoms with Gasteiger partial charge < -0.3 is 10.1 Å². The first-order valence-corrected chi connectivity index (χ1v) is 8.68. The van der Waals surface area contributed by atoms with E-state index in [9.17, 15) is 0 Å². The molecule has 0 aromatic carbocycles. The molecule has 1 aliphatic rings. The maximum Gasteiger partial charge on any atom is 0.138 e. The predicted molar refractivity (Wildman–Crippen MR) is 88.2 cm³/mol. The van der Waals surface area contributed by atoms with E-state index in [4.69, 9.17) is 4.74 Å². The van der Waals surface area contributed by atoms with Crippen molar-refractivity contribution in [3.05, 3.63) is 16.8 Å². The Hall–Kier alpha value is -1.20. The molecule has 2 aromatic heterocycles. The average molecular weight is 305 g/mol. The molecular weight excluding hydrogens is 282 g/mol. The maximum absolute atomic E-state index is 5.38. The Labute approximate surface area is 129 Å². The lowest BCUT2D eigenvalue weighted by atomic mass is 9.89. The van der Waals surface area contributed by atoms with Gasteiger partial charge in [0.1, 0.15) is 17.0 Å². The number of rotatable bonds is 6. The number of fused-ring (bicyclic) bond motifs is 3. The summed E-state index contributed by atoms with van der Waals surface area (Å²) in [5.74, 6) is 1.80. The first-order valence-electron chi connectivity index (χ1n) is 7.86. The van der Waals surface area contributed by atoms with Gasteiger partial charge in [0.25, 0.3) is 0 Å². The topological polar surface area (TPSA) is 47.0 Å². The molecule has 2 aromatic rings. The molecule has 2 heterocycles. The van der Waals surface area contributed by atoms with Crippen molar-refractivity contribution in [1.29, 1.82) is 0 Å². The van der Waals surface area contributed by atoms with Gasteiger partial charge in [0.2, 0.25) is 0 Å². The minimum Gasteiger partial charge on any atom is -0.382 e. The fraction of sp³-hybridized carbons (Fsp3) is 0.625. The molecule has 0 amide bonds. The number of nitrogens with one attached hydrogen (secondary N) is 1. The summed E-state index contributed by atoms with van der Waals surface area (Å²) >= 11 is 1.85. The van der Waals surface area contributed by atoms with Crippen LogP contribution in [0.5, 0.6) is 0 Å². The van der Waals surface area contributed by atoms with Gasteiger partial charge in [-0.05, 0) is 44.1 Å². The van der Waals surface area contributed by atoms with Gasteiger partial charge in [-0.25, -0.2) is 9.97 Å². The number of aromatic nitrogens is 2. The van der Waals surface area contributed by atoms with E-state index in [1.807, 2.05) is 18.3 Å². The number of anilines is 1. The lowest BCUT2D eigenvalue weighted by Crippen LogP contribution is -2.10. The molecular formula is C16H23N3OS. The molecule has 1 aliphatic carbocycles. The van der Waals surface area contributed by atoms with Crippen molar-refractivity contribution in [2.75, 3.05) is 25.1 Å². The highest BCUT2D eigenvalue weighted by Crippen LogP contribution is 2.39. The lowest BCUT2D eigenvalue weighted by molar-refractivity contribution is 0.147. The Bertz CT molecular complexity index is 611. The summed E-state index contributed by atoms with van der Waals surface area (Å²) in [6.07, 6.45) is 6.32. The van der Waals surface area contributed by atoms with Crippen LogP contribution in [0.3, 0.4) is 0 Å². The minimum atomic E-state index is 0.786. The summed E-state index contributed by atoms with van der Waals surface area (Å²) in [6.45, 7) is 6.85. The van der Waals surface area contributed by atoms with Crippen LogP contribution in [0, 0.1) is 5.92 Å². The largest absolute Gasteiger partial charge is 0.382 e. The Balaban J connectivity index is 1.79. The van der Waals surface area contributed by atoms with Crippen LogP contribution >= 0.6 is 11.3 Å². The molecule has 1 N–H and O–H groups in total. The van der Waals surface area contributed by atoms with Crippen molar-refractivity contribution in [3.63, 3.8) is 0 Å². The van der Waals surface area contributed by atoms with E-state index in [-0.39, 0.29) is 0 Å². The van der Waals surface area contributed by atoms with Crippen molar-refractivity contribution in [2.45, 2.75) is 39.5 Å². The van der Waals surface area contributed by atoms with Crippen LogP contribution in [0.1, 0.15) is 37.1 Å². The molecule has 4 nitrogen and oxygen atoms in total. The zero-order valence-corrected chi connectivity index (χ0v) is 13.6. The quantitative estimate of drug-likeness (QED) is 0.828. The Morgan fingerprint density at radius 2 is 2.33 bits per heavy atom. The monoisotopic (exact) mass is 305 g/mol. The second-order valence-corrected chi connectivity index (χ2v) is 6.82. The zero-order valence-electron chi connectivity index (χ0n) is 12.8. The number of aryl methyl sites for hydroxylation is 1. The molecule has 3 rings (SSSR count). The molecule has 5 heteroatoms. The van der Waals surface area contributed by atoms with Gasteiger partial charge in [0, 0.05) is 24.6 Å². The first-order chi connectivity index (χ1) is 10.3. The van der Waals surface area contributed by atoms with E-state index in [0.29, 0.717) is 0 Å². The van der Waals surface area contributed by atoms with Gasteiger partial charge in [-0.1, -0.05) is 6.92 Å². The number of hydrogen-bond acceptors (Lipinski definition) is 5. The van der Waals surface area contributed by atoms with Crippen LogP contribution in [-0.2, 0) is 17.6 Å². The third-order valence-corrected chi connectivity index (χ3v) is 5.22. The number of thiophene rings is 1. The SMILES string of the molecule is CCOCCCNc1ncnc2sc3c(c12)CCC(C)C3.